The average molecular weight is 261 g/mol. The minimum absolute atomic E-state index is 0.215. The standard InChI is InChI=1S/C9H9BrO2S/c10-8-3-1-7(2-4-8)9-12-5-6-13(9)11/h1-4,9H,5-6H2/t9-,13-/m0/s1. The molecular formula is C9H9BrO2S. The number of hydrogen-bond donors (Lipinski definition) is 0. The maximum Gasteiger partial charge on any atom is 0.157 e. The van der Waals surface area contributed by atoms with Crippen molar-refractivity contribution in [2.45, 2.75) is 5.44 Å². The van der Waals surface area contributed by atoms with E-state index in [0.717, 1.165) is 10.0 Å². The number of halogens is 1. The summed E-state index contributed by atoms with van der Waals surface area (Å²) in [6, 6.07) is 7.76. The predicted octanol–water partition coefficient (Wildman–Crippen LogP) is 2.23. The second kappa shape index (κ2) is 3.90. The fraction of sp³-hybridized carbons (Fsp3) is 0.333. The lowest BCUT2D eigenvalue weighted by Crippen LogP contribution is -2.00. The molecule has 0 amide bonds. The molecule has 1 fully saturated rings. The third-order valence-electron chi connectivity index (χ3n) is 1.93. The molecule has 1 aliphatic rings. The van der Waals surface area contributed by atoms with Crippen LogP contribution in [0.4, 0.5) is 0 Å². The molecule has 13 heavy (non-hydrogen) atoms. The van der Waals surface area contributed by atoms with Crippen LogP contribution in [0.3, 0.4) is 0 Å². The maximum atomic E-state index is 11.4. The second-order valence-corrected chi connectivity index (χ2v) is 5.35. The summed E-state index contributed by atoms with van der Waals surface area (Å²) in [7, 11) is -0.856. The van der Waals surface area contributed by atoms with Crippen LogP contribution in [0, 0.1) is 0 Å². The third-order valence-corrected chi connectivity index (χ3v) is 3.92. The third kappa shape index (κ3) is 2.00. The Morgan fingerprint density at radius 2 is 2.08 bits per heavy atom. The van der Waals surface area contributed by atoms with E-state index in [9.17, 15) is 4.21 Å². The molecule has 2 nitrogen and oxygen atoms in total. The molecular weight excluding hydrogens is 252 g/mol. The van der Waals surface area contributed by atoms with Crippen molar-refractivity contribution < 1.29 is 8.95 Å². The Hall–Kier alpha value is -0.190. The van der Waals surface area contributed by atoms with E-state index >= 15 is 0 Å². The quantitative estimate of drug-likeness (QED) is 0.774. The van der Waals surface area contributed by atoms with Crippen LogP contribution in [0.2, 0.25) is 0 Å². The number of ether oxygens (including phenoxy) is 1. The summed E-state index contributed by atoms with van der Waals surface area (Å²) in [5.74, 6) is 0.654. The van der Waals surface area contributed by atoms with Gasteiger partial charge in [-0.2, -0.15) is 0 Å². The molecule has 1 aromatic rings. The van der Waals surface area contributed by atoms with Gasteiger partial charge in [-0.1, -0.05) is 28.1 Å². The van der Waals surface area contributed by atoms with Gasteiger partial charge in [0.25, 0.3) is 0 Å². The molecule has 4 heteroatoms. The van der Waals surface area contributed by atoms with E-state index in [1.54, 1.807) is 0 Å². The lowest BCUT2D eigenvalue weighted by atomic mass is 10.2. The van der Waals surface area contributed by atoms with Crippen molar-refractivity contribution in [3.05, 3.63) is 34.3 Å². The van der Waals surface area contributed by atoms with Crippen molar-refractivity contribution in [1.29, 1.82) is 0 Å². The van der Waals surface area contributed by atoms with Crippen LogP contribution in [0.1, 0.15) is 11.0 Å². The first-order valence-corrected chi connectivity index (χ1v) is 6.19. The molecule has 70 valence electrons. The molecule has 1 heterocycles. The minimum Gasteiger partial charge on any atom is -0.359 e. The summed E-state index contributed by atoms with van der Waals surface area (Å²) >= 11 is 3.35. The molecule has 1 aliphatic heterocycles. The predicted molar refractivity (Wildman–Crippen MR) is 55.8 cm³/mol. The molecule has 1 saturated heterocycles. The minimum atomic E-state index is -0.856. The van der Waals surface area contributed by atoms with Crippen LogP contribution in [0.15, 0.2) is 28.7 Å². The van der Waals surface area contributed by atoms with E-state index in [1.165, 1.54) is 0 Å². The summed E-state index contributed by atoms with van der Waals surface area (Å²) in [6.45, 7) is 0.605. The summed E-state index contributed by atoms with van der Waals surface area (Å²) < 4.78 is 17.8. The van der Waals surface area contributed by atoms with Crippen molar-refractivity contribution in [2.24, 2.45) is 0 Å². The lowest BCUT2D eigenvalue weighted by Gasteiger charge is -2.07. The first-order valence-electron chi connectivity index (χ1n) is 4.01. The zero-order valence-corrected chi connectivity index (χ0v) is 9.31. The fourth-order valence-corrected chi connectivity index (χ4v) is 2.74. The van der Waals surface area contributed by atoms with Crippen LogP contribution in [0.5, 0.6) is 0 Å². The van der Waals surface area contributed by atoms with E-state index in [1.807, 2.05) is 24.3 Å². The molecule has 0 aliphatic carbocycles. The van der Waals surface area contributed by atoms with Gasteiger partial charge in [-0.25, -0.2) is 0 Å². The zero-order valence-electron chi connectivity index (χ0n) is 6.90. The Bertz CT molecular complexity index is 323. The Labute approximate surface area is 87.9 Å². The van der Waals surface area contributed by atoms with E-state index in [-0.39, 0.29) is 5.44 Å². The normalized spacial score (nSPS) is 27.8. The Balaban J connectivity index is 2.25. The molecule has 2 rings (SSSR count). The Kier molecular flexibility index (Phi) is 2.81. The topological polar surface area (TPSA) is 26.3 Å². The molecule has 0 aromatic heterocycles. The van der Waals surface area contributed by atoms with Crippen LogP contribution in [-0.4, -0.2) is 16.6 Å². The van der Waals surface area contributed by atoms with Crippen molar-refractivity contribution in [3.63, 3.8) is 0 Å². The SMILES string of the molecule is O=[S@]1CCO[C@@H]1c1ccc(Br)cc1. The fourth-order valence-electron chi connectivity index (χ4n) is 1.29. The van der Waals surface area contributed by atoms with E-state index in [0.29, 0.717) is 12.4 Å². The zero-order chi connectivity index (χ0) is 9.26. The first-order chi connectivity index (χ1) is 6.27. The molecule has 0 N–H and O–H groups in total. The number of hydrogen-bond acceptors (Lipinski definition) is 2. The lowest BCUT2D eigenvalue weighted by molar-refractivity contribution is 0.143. The highest BCUT2D eigenvalue weighted by atomic mass is 79.9. The van der Waals surface area contributed by atoms with E-state index in [2.05, 4.69) is 15.9 Å². The summed E-state index contributed by atoms with van der Waals surface area (Å²) in [5, 5.41) is 0. The van der Waals surface area contributed by atoms with Crippen LogP contribution in [0.25, 0.3) is 0 Å². The van der Waals surface area contributed by atoms with Crippen molar-refractivity contribution in [3.8, 4) is 0 Å². The van der Waals surface area contributed by atoms with Crippen LogP contribution < -0.4 is 0 Å². The average Bonchev–Trinajstić information content (AvgIpc) is 2.53. The van der Waals surface area contributed by atoms with Crippen LogP contribution in [-0.2, 0) is 15.5 Å². The largest absolute Gasteiger partial charge is 0.359 e. The van der Waals surface area contributed by atoms with Gasteiger partial charge in [-0.3, -0.25) is 4.21 Å². The van der Waals surface area contributed by atoms with Gasteiger partial charge in [0.05, 0.1) is 23.2 Å². The van der Waals surface area contributed by atoms with Crippen LogP contribution >= 0.6 is 15.9 Å². The van der Waals surface area contributed by atoms with E-state index in [4.69, 9.17) is 4.74 Å². The molecule has 0 unspecified atom stereocenters. The van der Waals surface area contributed by atoms with Gasteiger partial charge < -0.3 is 4.74 Å². The highest BCUT2D eigenvalue weighted by Crippen LogP contribution is 2.27. The first kappa shape index (κ1) is 9.37. The summed E-state index contributed by atoms with van der Waals surface area (Å²) in [4.78, 5) is 0. The molecule has 0 radical (unpaired) electrons. The monoisotopic (exact) mass is 260 g/mol. The highest BCUT2D eigenvalue weighted by molar-refractivity contribution is 9.10. The van der Waals surface area contributed by atoms with Gasteiger partial charge in [0.15, 0.2) is 5.44 Å². The highest BCUT2D eigenvalue weighted by Gasteiger charge is 2.25. The molecule has 0 saturated carbocycles. The molecule has 2 atom stereocenters. The van der Waals surface area contributed by atoms with Crippen molar-refractivity contribution in [1.82, 2.24) is 0 Å². The van der Waals surface area contributed by atoms with E-state index < -0.39 is 10.8 Å². The van der Waals surface area contributed by atoms with Gasteiger partial charge in [0.1, 0.15) is 0 Å². The van der Waals surface area contributed by atoms with Gasteiger partial charge in [-0.15, -0.1) is 0 Å². The van der Waals surface area contributed by atoms with Gasteiger partial charge >= 0.3 is 0 Å². The number of rotatable bonds is 1. The van der Waals surface area contributed by atoms with Crippen molar-refractivity contribution in [2.75, 3.05) is 12.4 Å². The Morgan fingerprint density at radius 3 is 2.62 bits per heavy atom. The number of benzene rings is 1. The van der Waals surface area contributed by atoms with Gasteiger partial charge in [0.2, 0.25) is 0 Å². The summed E-state index contributed by atoms with van der Waals surface area (Å²) in [6.07, 6.45) is 0. The molecule has 0 bridgehead atoms. The van der Waals surface area contributed by atoms with Gasteiger partial charge in [-0.05, 0) is 17.7 Å². The second-order valence-electron chi connectivity index (χ2n) is 2.84. The maximum absolute atomic E-state index is 11.4. The smallest absolute Gasteiger partial charge is 0.157 e. The molecule has 0 spiro atoms. The van der Waals surface area contributed by atoms with Gasteiger partial charge in [0, 0.05) is 4.47 Å². The molecule has 1 aromatic carbocycles. The van der Waals surface area contributed by atoms with Crippen molar-refractivity contribution >= 4 is 26.7 Å². The Morgan fingerprint density at radius 1 is 1.38 bits per heavy atom. The summed E-state index contributed by atoms with van der Waals surface area (Å²) in [5.41, 5.74) is 0.784.